The van der Waals surface area contributed by atoms with Crippen molar-refractivity contribution in [3.63, 3.8) is 0 Å². The first kappa shape index (κ1) is 14.6. The summed E-state index contributed by atoms with van der Waals surface area (Å²) in [6.45, 7) is 2.55. The maximum Gasteiger partial charge on any atom is 0.274 e. The molecule has 0 radical (unpaired) electrons. The number of aliphatic hydroxyl groups is 1. The molecular weight excluding hydrogens is 284 g/mol. The number of carbonyl (C=O) groups excluding carboxylic acids is 1. The molecule has 1 aromatic heterocycles. The molecule has 22 heavy (non-hydrogen) atoms. The van der Waals surface area contributed by atoms with Crippen LogP contribution < -0.4 is 10.1 Å². The number of nitrogens with zero attached hydrogens (tertiary/aromatic N) is 1. The maximum atomic E-state index is 12.1. The van der Waals surface area contributed by atoms with Crippen molar-refractivity contribution in [1.29, 1.82) is 0 Å². The highest BCUT2D eigenvalue weighted by Crippen LogP contribution is 2.25. The fourth-order valence-electron chi connectivity index (χ4n) is 2.55. The molecule has 0 saturated heterocycles. The second kappa shape index (κ2) is 6.19. The zero-order valence-electron chi connectivity index (χ0n) is 12.4. The summed E-state index contributed by atoms with van der Waals surface area (Å²) < 4.78 is 10.5. The molecule has 6 heteroatoms. The molecule has 0 spiro atoms. The molecule has 3 rings (SSSR count). The number of aliphatic hydroxyl groups excluding tert-OH is 1. The molecule has 1 aliphatic heterocycles. The Kier molecular flexibility index (Phi) is 4.11. The fraction of sp³-hybridized carbons (Fsp3) is 0.375. The molecule has 0 unspecified atom stereocenters. The van der Waals surface area contributed by atoms with E-state index < -0.39 is 0 Å². The fourth-order valence-corrected chi connectivity index (χ4v) is 2.55. The van der Waals surface area contributed by atoms with E-state index in [4.69, 9.17) is 9.26 Å². The summed E-state index contributed by atoms with van der Waals surface area (Å²) in [5.74, 6) is 1.03. The standard InChI is InChI=1S/C16H18N2O4/c1-10-13(9-19)15(18-22-10)16(20)17-8-11-4-5-14-12(7-11)3-2-6-21-14/h4-5,7,19H,2-3,6,8-9H2,1H3,(H,17,20). The van der Waals surface area contributed by atoms with Gasteiger partial charge in [-0.15, -0.1) is 0 Å². The lowest BCUT2D eigenvalue weighted by Gasteiger charge is -2.17. The lowest BCUT2D eigenvalue weighted by atomic mass is 10.0. The number of rotatable bonds is 4. The summed E-state index contributed by atoms with van der Waals surface area (Å²) in [5, 5.41) is 15.8. The molecule has 0 bridgehead atoms. The quantitative estimate of drug-likeness (QED) is 0.898. The highest BCUT2D eigenvalue weighted by Gasteiger charge is 2.19. The highest BCUT2D eigenvalue weighted by molar-refractivity contribution is 5.93. The van der Waals surface area contributed by atoms with Gasteiger partial charge in [0, 0.05) is 6.54 Å². The van der Waals surface area contributed by atoms with Crippen LogP contribution in [-0.4, -0.2) is 22.8 Å². The van der Waals surface area contributed by atoms with Gasteiger partial charge >= 0.3 is 0 Å². The van der Waals surface area contributed by atoms with Gasteiger partial charge in [0.05, 0.1) is 18.8 Å². The molecule has 0 atom stereocenters. The summed E-state index contributed by atoms with van der Waals surface area (Å²) in [4.78, 5) is 12.1. The van der Waals surface area contributed by atoms with E-state index in [0.717, 1.165) is 30.8 Å². The Hall–Kier alpha value is -2.34. The normalized spacial score (nSPS) is 13.4. The first-order valence-electron chi connectivity index (χ1n) is 7.28. The van der Waals surface area contributed by atoms with E-state index in [0.29, 0.717) is 17.9 Å². The zero-order chi connectivity index (χ0) is 15.5. The van der Waals surface area contributed by atoms with Crippen LogP contribution in [0, 0.1) is 6.92 Å². The predicted molar refractivity (Wildman–Crippen MR) is 78.6 cm³/mol. The van der Waals surface area contributed by atoms with Gasteiger partial charge in [-0.05, 0) is 37.0 Å². The number of benzene rings is 1. The molecule has 1 aliphatic rings. The maximum absolute atomic E-state index is 12.1. The van der Waals surface area contributed by atoms with E-state index in [2.05, 4.69) is 16.5 Å². The van der Waals surface area contributed by atoms with Gasteiger partial charge in [0.15, 0.2) is 5.69 Å². The Balaban J connectivity index is 1.68. The molecule has 0 saturated carbocycles. The van der Waals surface area contributed by atoms with Gasteiger partial charge in [0.2, 0.25) is 0 Å². The first-order chi connectivity index (χ1) is 10.7. The third-order valence-corrected chi connectivity index (χ3v) is 3.78. The molecular formula is C16H18N2O4. The number of hydrogen-bond acceptors (Lipinski definition) is 5. The number of carbonyl (C=O) groups is 1. The second-order valence-corrected chi connectivity index (χ2v) is 5.30. The van der Waals surface area contributed by atoms with Crippen molar-refractivity contribution in [3.8, 4) is 5.75 Å². The van der Waals surface area contributed by atoms with Crippen LogP contribution in [0.1, 0.15) is 39.4 Å². The number of nitrogens with one attached hydrogen (secondary N) is 1. The van der Waals surface area contributed by atoms with Crippen LogP contribution in [0.4, 0.5) is 0 Å². The van der Waals surface area contributed by atoms with E-state index in [1.807, 2.05) is 12.1 Å². The van der Waals surface area contributed by atoms with Gasteiger partial charge in [0.25, 0.3) is 5.91 Å². The minimum absolute atomic E-state index is 0.140. The third-order valence-electron chi connectivity index (χ3n) is 3.78. The largest absolute Gasteiger partial charge is 0.493 e. The number of aromatic nitrogens is 1. The summed E-state index contributed by atoms with van der Waals surface area (Å²) in [5.41, 5.74) is 2.74. The molecule has 2 aromatic rings. The average molecular weight is 302 g/mol. The van der Waals surface area contributed by atoms with Gasteiger partial charge < -0.3 is 19.7 Å². The van der Waals surface area contributed by atoms with Crippen LogP contribution in [-0.2, 0) is 19.6 Å². The summed E-state index contributed by atoms with van der Waals surface area (Å²) in [7, 11) is 0. The Morgan fingerprint density at radius 1 is 1.45 bits per heavy atom. The zero-order valence-corrected chi connectivity index (χ0v) is 12.4. The van der Waals surface area contributed by atoms with Crippen molar-refractivity contribution in [1.82, 2.24) is 10.5 Å². The van der Waals surface area contributed by atoms with Gasteiger partial charge in [-0.2, -0.15) is 0 Å². The number of ether oxygens (including phenoxy) is 1. The van der Waals surface area contributed by atoms with Crippen molar-refractivity contribution in [2.45, 2.75) is 32.9 Å². The van der Waals surface area contributed by atoms with Crippen LogP contribution in [0.15, 0.2) is 22.7 Å². The van der Waals surface area contributed by atoms with E-state index in [1.165, 1.54) is 5.56 Å². The van der Waals surface area contributed by atoms with E-state index in [9.17, 15) is 9.90 Å². The number of fused-ring (bicyclic) bond motifs is 1. The molecule has 1 aromatic carbocycles. The Morgan fingerprint density at radius 3 is 3.14 bits per heavy atom. The number of hydrogen-bond donors (Lipinski definition) is 2. The third kappa shape index (κ3) is 2.82. The molecule has 2 heterocycles. The Bertz CT molecular complexity index is 693. The topological polar surface area (TPSA) is 84.6 Å². The van der Waals surface area contributed by atoms with E-state index in [-0.39, 0.29) is 18.2 Å². The molecule has 6 nitrogen and oxygen atoms in total. The molecule has 0 fully saturated rings. The van der Waals surface area contributed by atoms with Crippen molar-refractivity contribution >= 4 is 5.91 Å². The Morgan fingerprint density at radius 2 is 2.32 bits per heavy atom. The molecule has 2 N–H and O–H groups in total. The minimum atomic E-state index is -0.352. The molecule has 0 aliphatic carbocycles. The summed E-state index contributed by atoms with van der Waals surface area (Å²) in [6.07, 6.45) is 2.01. The monoisotopic (exact) mass is 302 g/mol. The van der Waals surface area contributed by atoms with Crippen molar-refractivity contribution in [3.05, 3.63) is 46.3 Å². The van der Waals surface area contributed by atoms with E-state index in [1.54, 1.807) is 6.92 Å². The van der Waals surface area contributed by atoms with Crippen molar-refractivity contribution in [2.75, 3.05) is 6.61 Å². The highest BCUT2D eigenvalue weighted by atomic mass is 16.5. The van der Waals surface area contributed by atoms with Gasteiger partial charge in [-0.1, -0.05) is 17.3 Å². The van der Waals surface area contributed by atoms with E-state index >= 15 is 0 Å². The molecule has 1 amide bonds. The lowest BCUT2D eigenvalue weighted by Crippen LogP contribution is -2.24. The van der Waals surface area contributed by atoms with Crippen molar-refractivity contribution in [2.24, 2.45) is 0 Å². The van der Waals surface area contributed by atoms with Gasteiger partial charge in [-0.25, -0.2) is 0 Å². The number of aryl methyl sites for hydroxylation is 2. The number of amides is 1. The summed E-state index contributed by atoms with van der Waals surface area (Å²) >= 11 is 0. The minimum Gasteiger partial charge on any atom is -0.493 e. The summed E-state index contributed by atoms with van der Waals surface area (Å²) in [6, 6.07) is 5.93. The van der Waals surface area contributed by atoms with Crippen LogP contribution in [0.5, 0.6) is 5.75 Å². The molecule has 116 valence electrons. The van der Waals surface area contributed by atoms with Crippen LogP contribution in [0.25, 0.3) is 0 Å². The predicted octanol–water partition coefficient (Wildman–Crippen LogP) is 1.73. The smallest absolute Gasteiger partial charge is 0.274 e. The van der Waals surface area contributed by atoms with Crippen molar-refractivity contribution < 1.29 is 19.2 Å². The van der Waals surface area contributed by atoms with Gasteiger partial charge in [-0.3, -0.25) is 4.79 Å². The second-order valence-electron chi connectivity index (χ2n) is 5.30. The lowest BCUT2D eigenvalue weighted by molar-refractivity contribution is 0.0939. The SMILES string of the molecule is Cc1onc(C(=O)NCc2ccc3c(c2)CCCO3)c1CO. The average Bonchev–Trinajstić information content (AvgIpc) is 2.93. The first-order valence-corrected chi connectivity index (χ1v) is 7.28. The van der Waals surface area contributed by atoms with Crippen LogP contribution in [0.2, 0.25) is 0 Å². The van der Waals surface area contributed by atoms with Crippen LogP contribution in [0.3, 0.4) is 0 Å². The van der Waals surface area contributed by atoms with Crippen LogP contribution >= 0.6 is 0 Å². The van der Waals surface area contributed by atoms with Gasteiger partial charge in [0.1, 0.15) is 11.5 Å². The Labute approximate surface area is 128 Å².